The minimum Gasteiger partial charge on any atom is -0.481 e. The van der Waals surface area contributed by atoms with E-state index in [0.29, 0.717) is 44.8 Å². The summed E-state index contributed by atoms with van der Waals surface area (Å²) in [4.78, 5) is 25.9. The van der Waals surface area contributed by atoms with Gasteiger partial charge in [0.15, 0.2) is 0 Å². The van der Waals surface area contributed by atoms with Gasteiger partial charge in [0.1, 0.15) is 5.82 Å². The highest BCUT2D eigenvalue weighted by atomic mass is 19.1. The molecule has 1 aromatic carbocycles. The van der Waals surface area contributed by atoms with Gasteiger partial charge in [-0.05, 0) is 18.6 Å². The number of rotatable bonds is 5. The third kappa shape index (κ3) is 4.34. The highest BCUT2D eigenvalue weighted by Crippen LogP contribution is 2.20. The third-order valence-corrected chi connectivity index (χ3v) is 3.60. The Morgan fingerprint density at radius 1 is 1.18 bits per heavy atom. The molecule has 2 N–H and O–H groups in total. The molecule has 6 nitrogen and oxygen atoms in total. The molecule has 0 atom stereocenters. The Balaban J connectivity index is 1.76. The van der Waals surface area contributed by atoms with Crippen LogP contribution in [0.25, 0.3) is 0 Å². The molecule has 1 heterocycles. The van der Waals surface area contributed by atoms with Crippen molar-refractivity contribution >= 4 is 17.7 Å². The van der Waals surface area contributed by atoms with Crippen LogP contribution in [0.3, 0.4) is 0 Å². The van der Waals surface area contributed by atoms with E-state index in [1.165, 1.54) is 6.07 Å². The van der Waals surface area contributed by atoms with E-state index in [0.717, 1.165) is 0 Å². The molecular weight excluding hydrogens is 289 g/mol. The quantitative estimate of drug-likeness (QED) is 0.809. The Kier molecular flexibility index (Phi) is 5.57. The summed E-state index contributed by atoms with van der Waals surface area (Å²) in [6.07, 6.45) is 0.456. The van der Waals surface area contributed by atoms with Gasteiger partial charge in [-0.15, -0.1) is 0 Å². The van der Waals surface area contributed by atoms with E-state index >= 15 is 0 Å². The molecule has 0 saturated carbocycles. The van der Waals surface area contributed by atoms with Crippen LogP contribution in [0.5, 0.6) is 0 Å². The van der Waals surface area contributed by atoms with Gasteiger partial charge < -0.3 is 20.2 Å². The molecule has 120 valence electrons. The first-order chi connectivity index (χ1) is 10.6. The molecule has 2 amide bonds. The van der Waals surface area contributed by atoms with E-state index in [1.54, 1.807) is 23.1 Å². The summed E-state index contributed by atoms with van der Waals surface area (Å²) in [7, 11) is 0. The van der Waals surface area contributed by atoms with Crippen LogP contribution in [0.4, 0.5) is 14.9 Å². The van der Waals surface area contributed by atoms with Crippen LogP contribution < -0.4 is 10.2 Å². The molecule has 0 aliphatic carbocycles. The molecular formula is C15H20FN3O3. The largest absolute Gasteiger partial charge is 0.481 e. The molecule has 0 radical (unpaired) electrons. The number of para-hydroxylation sites is 1. The molecule has 0 spiro atoms. The fourth-order valence-corrected chi connectivity index (χ4v) is 2.41. The van der Waals surface area contributed by atoms with Crippen molar-refractivity contribution in [2.75, 3.05) is 37.6 Å². The maximum Gasteiger partial charge on any atom is 0.317 e. The second-order valence-corrected chi connectivity index (χ2v) is 5.15. The first kappa shape index (κ1) is 16.1. The molecule has 1 aromatic rings. The number of amides is 2. The van der Waals surface area contributed by atoms with Crippen molar-refractivity contribution in [3.05, 3.63) is 30.1 Å². The molecule has 22 heavy (non-hydrogen) atoms. The van der Waals surface area contributed by atoms with Crippen molar-refractivity contribution in [1.82, 2.24) is 10.2 Å². The molecule has 1 aliphatic heterocycles. The van der Waals surface area contributed by atoms with E-state index in [4.69, 9.17) is 5.11 Å². The first-order valence-electron chi connectivity index (χ1n) is 7.32. The number of benzene rings is 1. The predicted molar refractivity (Wildman–Crippen MR) is 80.5 cm³/mol. The Hall–Kier alpha value is -2.31. The summed E-state index contributed by atoms with van der Waals surface area (Å²) in [6.45, 7) is 2.52. The molecule has 2 rings (SSSR count). The molecule has 0 unspecified atom stereocenters. The number of nitrogens with zero attached hydrogens (tertiary/aromatic N) is 2. The third-order valence-electron chi connectivity index (χ3n) is 3.60. The number of nitrogens with one attached hydrogen (secondary N) is 1. The summed E-state index contributed by atoms with van der Waals surface area (Å²) < 4.78 is 13.7. The molecule has 7 heteroatoms. The van der Waals surface area contributed by atoms with Crippen molar-refractivity contribution in [2.24, 2.45) is 0 Å². The summed E-state index contributed by atoms with van der Waals surface area (Å²) in [5.41, 5.74) is 0.559. The lowest BCUT2D eigenvalue weighted by atomic mass is 10.2. The van der Waals surface area contributed by atoms with Gasteiger partial charge in [-0.2, -0.15) is 0 Å². The molecule has 1 aliphatic rings. The van der Waals surface area contributed by atoms with Crippen LogP contribution in [-0.4, -0.2) is 54.7 Å². The number of urea groups is 1. The van der Waals surface area contributed by atoms with Crippen molar-refractivity contribution in [3.63, 3.8) is 0 Å². The number of carboxylic acids is 1. The summed E-state index contributed by atoms with van der Waals surface area (Å²) in [5, 5.41) is 11.2. The number of piperazine rings is 1. The number of carbonyl (C=O) groups is 2. The summed E-state index contributed by atoms with van der Waals surface area (Å²) in [5.74, 6) is -1.12. The van der Waals surface area contributed by atoms with Crippen molar-refractivity contribution in [2.45, 2.75) is 12.8 Å². The number of hydrogen-bond acceptors (Lipinski definition) is 3. The van der Waals surface area contributed by atoms with Gasteiger partial charge in [0, 0.05) is 39.1 Å². The maximum atomic E-state index is 13.7. The van der Waals surface area contributed by atoms with Crippen molar-refractivity contribution < 1.29 is 19.1 Å². The number of hydrogen-bond donors (Lipinski definition) is 2. The Labute approximate surface area is 128 Å². The molecule has 0 aromatic heterocycles. The maximum absolute atomic E-state index is 13.7. The van der Waals surface area contributed by atoms with Crippen LogP contribution in [0.2, 0.25) is 0 Å². The molecule has 0 bridgehead atoms. The van der Waals surface area contributed by atoms with Gasteiger partial charge in [0.05, 0.1) is 5.69 Å². The lowest BCUT2D eigenvalue weighted by Crippen LogP contribution is -2.52. The van der Waals surface area contributed by atoms with E-state index < -0.39 is 5.97 Å². The SMILES string of the molecule is O=C(O)CCCNC(=O)N1CCN(c2ccccc2F)CC1. The minimum absolute atomic E-state index is 0.0430. The van der Waals surface area contributed by atoms with Crippen LogP contribution >= 0.6 is 0 Å². The zero-order valence-electron chi connectivity index (χ0n) is 12.3. The Bertz CT molecular complexity index is 531. The van der Waals surface area contributed by atoms with Crippen LogP contribution in [-0.2, 0) is 4.79 Å². The van der Waals surface area contributed by atoms with Crippen LogP contribution in [0, 0.1) is 5.82 Å². The molecule has 1 fully saturated rings. The monoisotopic (exact) mass is 309 g/mol. The fourth-order valence-electron chi connectivity index (χ4n) is 2.41. The number of halogens is 1. The van der Waals surface area contributed by atoms with Crippen molar-refractivity contribution in [3.8, 4) is 0 Å². The van der Waals surface area contributed by atoms with Crippen LogP contribution in [0.15, 0.2) is 24.3 Å². The van der Waals surface area contributed by atoms with E-state index in [9.17, 15) is 14.0 Å². The highest BCUT2D eigenvalue weighted by Gasteiger charge is 2.22. The van der Waals surface area contributed by atoms with E-state index in [2.05, 4.69) is 5.32 Å². The second-order valence-electron chi connectivity index (χ2n) is 5.15. The van der Waals surface area contributed by atoms with Gasteiger partial charge in [0.25, 0.3) is 0 Å². The summed E-state index contributed by atoms with van der Waals surface area (Å²) >= 11 is 0. The van der Waals surface area contributed by atoms with Crippen molar-refractivity contribution in [1.29, 1.82) is 0 Å². The number of carbonyl (C=O) groups excluding carboxylic acids is 1. The standard InChI is InChI=1S/C15H20FN3O3/c16-12-4-1-2-5-13(12)18-8-10-19(11-9-18)15(22)17-7-3-6-14(20)21/h1-2,4-5H,3,6-11H2,(H,17,22)(H,20,21). The Morgan fingerprint density at radius 3 is 2.50 bits per heavy atom. The van der Waals surface area contributed by atoms with Gasteiger partial charge in [-0.3, -0.25) is 4.79 Å². The number of carboxylic acid groups (broad SMARTS) is 1. The number of aliphatic carboxylic acids is 1. The average molecular weight is 309 g/mol. The average Bonchev–Trinajstić information content (AvgIpc) is 2.52. The first-order valence-corrected chi connectivity index (χ1v) is 7.32. The smallest absolute Gasteiger partial charge is 0.317 e. The lowest BCUT2D eigenvalue weighted by Gasteiger charge is -2.36. The van der Waals surface area contributed by atoms with Crippen LogP contribution in [0.1, 0.15) is 12.8 Å². The minimum atomic E-state index is -0.868. The topological polar surface area (TPSA) is 72.9 Å². The fraction of sp³-hybridized carbons (Fsp3) is 0.467. The zero-order chi connectivity index (χ0) is 15.9. The lowest BCUT2D eigenvalue weighted by molar-refractivity contribution is -0.137. The Morgan fingerprint density at radius 2 is 1.86 bits per heavy atom. The molecule has 1 saturated heterocycles. The van der Waals surface area contributed by atoms with Gasteiger partial charge >= 0.3 is 12.0 Å². The van der Waals surface area contributed by atoms with E-state index in [-0.39, 0.29) is 18.3 Å². The van der Waals surface area contributed by atoms with E-state index in [1.807, 2.05) is 4.90 Å². The second kappa shape index (κ2) is 7.63. The zero-order valence-corrected chi connectivity index (χ0v) is 12.3. The van der Waals surface area contributed by atoms with Gasteiger partial charge in [0.2, 0.25) is 0 Å². The number of anilines is 1. The summed E-state index contributed by atoms with van der Waals surface area (Å²) in [6, 6.07) is 6.41. The normalized spacial score (nSPS) is 14.8. The predicted octanol–water partition coefficient (Wildman–Crippen LogP) is 1.52. The van der Waals surface area contributed by atoms with Gasteiger partial charge in [-0.25, -0.2) is 9.18 Å². The highest BCUT2D eigenvalue weighted by molar-refractivity contribution is 5.74. The van der Waals surface area contributed by atoms with Gasteiger partial charge in [-0.1, -0.05) is 12.1 Å².